The summed E-state index contributed by atoms with van der Waals surface area (Å²) in [6, 6.07) is 9.56. The molecular weight excluding hydrogens is 268 g/mol. The van der Waals surface area contributed by atoms with Crippen molar-refractivity contribution in [1.29, 1.82) is 0 Å². The number of nitrogens with zero attached hydrogens (tertiary/aromatic N) is 1. The van der Waals surface area contributed by atoms with Gasteiger partial charge in [0, 0.05) is 4.92 Å². The van der Waals surface area contributed by atoms with E-state index < -0.39 is 0 Å². The molecular formula is C16H26N2O3. The van der Waals surface area contributed by atoms with E-state index in [2.05, 4.69) is 12.4 Å². The fourth-order valence-corrected chi connectivity index (χ4v) is 2.18. The summed E-state index contributed by atoms with van der Waals surface area (Å²) in [5, 5.41) is 10.7. The second kappa shape index (κ2) is 11.2. The smallest absolute Gasteiger partial charge is 0.221 e. The van der Waals surface area contributed by atoms with Crippen LogP contribution in [-0.2, 0) is 11.4 Å². The standard InChI is InChI=1S/C16H26N2O3/c1-2-3-4-5-9-12-16(13-18(19)20)17-21-14-15-10-7-6-8-11-15/h6-8,10-11,16-17H,2-5,9,12-14H2,1H3. The molecule has 0 aliphatic heterocycles. The normalized spacial score (nSPS) is 12.2. The van der Waals surface area contributed by atoms with Gasteiger partial charge in [0.15, 0.2) is 0 Å². The summed E-state index contributed by atoms with van der Waals surface area (Å²) in [6.45, 7) is 2.50. The highest BCUT2D eigenvalue weighted by molar-refractivity contribution is 5.13. The number of nitro groups is 1. The van der Waals surface area contributed by atoms with Gasteiger partial charge in [0.25, 0.3) is 0 Å². The van der Waals surface area contributed by atoms with Gasteiger partial charge in [-0.1, -0.05) is 69.4 Å². The Morgan fingerprint density at radius 1 is 1.19 bits per heavy atom. The summed E-state index contributed by atoms with van der Waals surface area (Å²) < 4.78 is 0. The Hall–Kier alpha value is -1.46. The van der Waals surface area contributed by atoms with Crippen LogP contribution in [0, 0.1) is 10.1 Å². The molecule has 0 aliphatic carbocycles. The number of benzene rings is 1. The molecule has 21 heavy (non-hydrogen) atoms. The van der Waals surface area contributed by atoms with Crippen LogP contribution < -0.4 is 5.48 Å². The van der Waals surface area contributed by atoms with E-state index in [0.717, 1.165) is 24.8 Å². The fourth-order valence-electron chi connectivity index (χ4n) is 2.18. The van der Waals surface area contributed by atoms with Crippen LogP contribution >= 0.6 is 0 Å². The maximum absolute atomic E-state index is 10.7. The number of nitrogens with one attached hydrogen (secondary N) is 1. The zero-order chi connectivity index (χ0) is 15.3. The van der Waals surface area contributed by atoms with E-state index in [4.69, 9.17) is 4.84 Å². The molecule has 1 aromatic rings. The molecule has 0 fully saturated rings. The second-order valence-electron chi connectivity index (χ2n) is 5.31. The highest BCUT2D eigenvalue weighted by atomic mass is 16.7. The van der Waals surface area contributed by atoms with Gasteiger partial charge < -0.3 is 0 Å². The van der Waals surface area contributed by atoms with Crippen LogP contribution in [0.5, 0.6) is 0 Å². The molecule has 1 aromatic carbocycles. The lowest BCUT2D eigenvalue weighted by Crippen LogP contribution is -2.35. The van der Waals surface area contributed by atoms with Crippen molar-refractivity contribution in [3.05, 3.63) is 46.0 Å². The van der Waals surface area contributed by atoms with E-state index in [9.17, 15) is 10.1 Å². The largest absolute Gasteiger partial charge is 0.297 e. The highest BCUT2D eigenvalue weighted by Crippen LogP contribution is 2.08. The molecule has 5 nitrogen and oxygen atoms in total. The van der Waals surface area contributed by atoms with Gasteiger partial charge in [-0.15, -0.1) is 0 Å². The molecule has 5 heteroatoms. The van der Waals surface area contributed by atoms with Gasteiger partial charge >= 0.3 is 0 Å². The minimum absolute atomic E-state index is 0.0947. The fraction of sp³-hybridized carbons (Fsp3) is 0.625. The van der Waals surface area contributed by atoms with E-state index in [1.807, 2.05) is 30.3 Å². The van der Waals surface area contributed by atoms with Crippen LogP contribution in [0.2, 0.25) is 0 Å². The van der Waals surface area contributed by atoms with Gasteiger partial charge in [-0.05, 0) is 12.0 Å². The predicted molar refractivity (Wildman–Crippen MR) is 83.4 cm³/mol. The van der Waals surface area contributed by atoms with E-state index in [1.54, 1.807) is 0 Å². The van der Waals surface area contributed by atoms with Crippen LogP contribution in [0.1, 0.15) is 51.0 Å². The van der Waals surface area contributed by atoms with Gasteiger partial charge in [0.2, 0.25) is 6.54 Å². The zero-order valence-electron chi connectivity index (χ0n) is 12.8. The molecule has 0 saturated heterocycles. The monoisotopic (exact) mass is 294 g/mol. The maximum atomic E-state index is 10.7. The molecule has 118 valence electrons. The molecule has 0 aliphatic rings. The van der Waals surface area contributed by atoms with E-state index in [0.29, 0.717) is 6.61 Å². The topological polar surface area (TPSA) is 64.4 Å². The molecule has 1 unspecified atom stereocenters. The number of hydroxylamine groups is 1. The lowest BCUT2D eigenvalue weighted by Gasteiger charge is -2.14. The third-order valence-electron chi connectivity index (χ3n) is 3.36. The molecule has 0 spiro atoms. The van der Waals surface area contributed by atoms with Gasteiger partial charge in [-0.2, -0.15) is 5.48 Å². The summed E-state index contributed by atoms with van der Waals surface area (Å²) in [5.41, 5.74) is 3.90. The van der Waals surface area contributed by atoms with Crippen LogP contribution in [0.25, 0.3) is 0 Å². The zero-order valence-corrected chi connectivity index (χ0v) is 12.8. The van der Waals surface area contributed by atoms with Gasteiger partial charge in [0.1, 0.15) is 0 Å². The minimum Gasteiger partial charge on any atom is -0.297 e. The van der Waals surface area contributed by atoms with Crippen molar-refractivity contribution in [2.45, 2.75) is 58.1 Å². The summed E-state index contributed by atoms with van der Waals surface area (Å²) in [6.07, 6.45) is 6.54. The molecule has 0 aromatic heterocycles. The summed E-state index contributed by atoms with van der Waals surface area (Å²) in [7, 11) is 0. The van der Waals surface area contributed by atoms with Crippen LogP contribution in [-0.4, -0.2) is 17.5 Å². The molecule has 0 heterocycles. The van der Waals surface area contributed by atoms with Crippen LogP contribution in [0.4, 0.5) is 0 Å². The van der Waals surface area contributed by atoms with Crippen molar-refractivity contribution in [1.82, 2.24) is 5.48 Å². The van der Waals surface area contributed by atoms with Crippen LogP contribution in [0.15, 0.2) is 30.3 Å². The number of rotatable bonds is 12. The van der Waals surface area contributed by atoms with Crippen molar-refractivity contribution in [2.24, 2.45) is 0 Å². The lowest BCUT2D eigenvalue weighted by molar-refractivity contribution is -0.485. The van der Waals surface area contributed by atoms with Crippen molar-refractivity contribution in [3.63, 3.8) is 0 Å². The van der Waals surface area contributed by atoms with Gasteiger partial charge in [-0.3, -0.25) is 15.0 Å². The highest BCUT2D eigenvalue weighted by Gasteiger charge is 2.14. The Morgan fingerprint density at radius 2 is 1.90 bits per heavy atom. The van der Waals surface area contributed by atoms with E-state index >= 15 is 0 Å². The molecule has 1 rings (SSSR count). The molecule has 0 radical (unpaired) electrons. The third-order valence-corrected chi connectivity index (χ3v) is 3.36. The van der Waals surface area contributed by atoms with Crippen molar-refractivity contribution in [3.8, 4) is 0 Å². The Balaban J connectivity index is 2.23. The molecule has 0 bridgehead atoms. The summed E-state index contributed by atoms with van der Waals surface area (Å²) >= 11 is 0. The second-order valence-corrected chi connectivity index (χ2v) is 5.31. The lowest BCUT2D eigenvalue weighted by atomic mass is 10.1. The Labute approximate surface area is 126 Å². The molecule has 0 saturated carbocycles. The summed E-state index contributed by atoms with van der Waals surface area (Å²) in [4.78, 5) is 15.8. The first kappa shape index (κ1) is 17.6. The van der Waals surface area contributed by atoms with E-state index in [1.165, 1.54) is 19.3 Å². The minimum atomic E-state index is -0.282. The SMILES string of the molecule is CCCCCCCC(C[N+](=O)[O-])NOCc1ccccc1. The number of hydrogen-bond donors (Lipinski definition) is 1. The third kappa shape index (κ3) is 9.15. The summed E-state index contributed by atoms with van der Waals surface area (Å²) in [5.74, 6) is 0. The Bertz CT molecular complexity index is 384. The van der Waals surface area contributed by atoms with Gasteiger partial charge in [-0.25, -0.2) is 0 Å². The first-order valence-electron chi connectivity index (χ1n) is 7.75. The van der Waals surface area contributed by atoms with Crippen molar-refractivity contribution >= 4 is 0 Å². The first-order valence-corrected chi connectivity index (χ1v) is 7.75. The van der Waals surface area contributed by atoms with Crippen molar-refractivity contribution < 1.29 is 9.76 Å². The Kier molecular flexibility index (Phi) is 9.40. The molecule has 1 N–H and O–H groups in total. The first-order chi connectivity index (χ1) is 10.2. The van der Waals surface area contributed by atoms with Crippen molar-refractivity contribution in [2.75, 3.05) is 6.54 Å². The predicted octanol–water partition coefficient (Wildman–Crippen LogP) is 3.71. The number of hydrogen-bond acceptors (Lipinski definition) is 4. The molecule has 1 atom stereocenters. The average Bonchev–Trinajstić information content (AvgIpc) is 2.47. The van der Waals surface area contributed by atoms with Gasteiger partial charge in [0.05, 0.1) is 12.6 Å². The number of unbranched alkanes of at least 4 members (excludes halogenated alkanes) is 4. The van der Waals surface area contributed by atoms with E-state index in [-0.39, 0.29) is 17.5 Å². The average molecular weight is 294 g/mol. The maximum Gasteiger partial charge on any atom is 0.221 e. The quantitative estimate of drug-likeness (QED) is 0.362. The Morgan fingerprint density at radius 3 is 2.57 bits per heavy atom. The van der Waals surface area contributed by atoms with Crippen LogP contribution in [0.3, 0.4) is 0 Å². The molecule has 0 amide bonds.